The number of rotatable bonds is 2. The minimum Gasteiger partial charge on any atom is -0.423 e. The third-order valence-corrected chi connectivity index (χ3v) is 2.15. The molecule has 0 aliphatic carbocycles. The summed E-state index contributed by atoms with van der Waals surface area (Å²) < 4.78 is 4.74. The zero-order valence-electron chi connectivity index (χ0n) is 8.33. The Labute approximate surface area is 91.7 Å². The Bertz CT molecular complexity index is 519. The normalized spacial score (nSPS) is 10.7. The monoisotopic (exact) mass is 218 g/mol. The first-order valence-electron chi connectivity index (χ1n) is 4.73. The number of carbonyl (C=O) groups excluding carboxylic acids is 1. The van der Waals surface area contributed by atoms with Gasteiger partial charge in [-0.1, -0.05) is 30.3 Å². The van der Waals surface area contributed by atoms with E-state index >= 15 is 0 Å². The Morgan fingerprint density at radius 1 is 1.06 bits per heavy atom. The van der Waals surface area contributed by atoms with Gasteiger partial charge in [-0.2, -0.15) is 0 Å². The number of benzene rings is 2. The van der Waals surface area contributed by atoms with E-state index in [9.17, 15) is 4.79 Å². The van der Waals surface area contributed by atoms with E-state index in [1.807, 2.05) is 24.3 Å². The molecule has 82 valence electrons. The molecule has 2 aromatic rings. The van der Waals surface area contributed by atoms with Crippen LogP contribution in [0, 0.1) is 0 Å². The largest absolute Gasteiger partial charge is 0.423 e. The molecular formula is C12H10O4. The highest BCUT2D eigenvalue weighted by molar-refractivity contribution is 5.85. The molecule has 0 heterocycles. The number of esters is 1. The quantitative estimate of drug-likeness (QED) is 0.449. The van der Waals surface area contributed by atoms with Crippen molar-refractivity contribution in [1.29, 1.82) is 0 Å². The van der Waals surface area contributed by atoms with Crippen LogP contribution in [0.2, 0.25) is 0 Å². The summed E-state index contributed by atoms with van der Waals surface area (Å²) in [6.07, 6.45) is -2.11. The molecule has 0 aliphatic heterocycles. The van der Waals surface area contributed by atoms with E-state index in [4.69, 9.17) is 14.9 Å². The molecule has 2 rings (SSSR count). The van der Waals surface area contributed by atoms with Crippen molar-refractivity contribution in [1.82, 2.24) is 0 Å². The van der Waals surface area contributed by atoms with Crippen molar-refractivity contribution in [3.05, 3.63) is 42.5 Å². The number of aliphatic hydroxyl groups is 2. The number of hydrogen-bond donors (Lipinski definition) is 2. The van der Waals surface area contributed by atoms with Crippen molar-refractivity contribution in [3.63, 3.8) is 0 Å². The second kappa shape index (κ2) is 4.30. The molecule has 2 N–H and O–H groups in total. The van der Waals surface area contributed by atoms with Crippen LogP contribution in [0.25, 0.3) is 10.8 Å². The van der Waals surface area contributed by atoms with E-state index in [-0.39, 0.29) is 5.75 Å². The van der Waals surface area contributed by atoms with Gasteiger partial charge in [0, 0.05) is 0 Å². The summed E-state index contributed by atoms with van der Waals surface area (Å²) in [5.41, 5.74) is 0. The SMILES string of the molecule is O=C(Oc1ccc2ccccc2c1)C(O)O. The molecule has 0 saturated carbocycles. The van der Waals surface area contributed by atoms with Crippen LogP contribution in [-0.2, 0) is 4.79 Å². The molecule has 4 nitrogen and oxygen atoms in total. The fourth-order valence-electron chi connectivity index (χ4n) is 1.40. The molecule has 2 aromatic carbocycles. The number of ether oxygens (including phenoxy) is 1. The van der Waals surface area contributed by atoms with E-state index < -0.39 is 12.3 Å². The summed E-state index contributed by atoms with van der Waals surface area (Å²) in [5.74, 6) is -0.799. The average Bonchev–Trinajstić information content (AvgIpc) is 2.28. The zero-order chi connectivity index (χ0) is 11.5. The van der Waals surface area contributed by atoms with Gasteiger partial charge in [0.05, 0.1) is 0 Å². The van der Waals surface area contributed by atoms with Gasteiger partial charge < -0.3 is 14.9 Å². The lowest BCUT2D eigenvalue weighted by Crippen LogP contribution is -2.24. The second-order valence-electron chi connectivity index (χ2n) is 3.30. The highest BCUT2D eigenvalue weighted by Gasteiger charge is 2.13. The molecule has 0 radical (unpaired) electrons. The predicted octanol–water partition coefficient (Wildman–Crippen LogP) is 1.06. The Hall–Kier alpha value is -1.91. The van der Waals surface area contributed by atoms with Gasteiger partial charge in [-0.15, -0.1) is 0 Å². The van der Waals surface area contributed by atoms with Gasteiger partial charge in [-0.3, -0.25) is 0 Å². The van der Waals surface area contributed by atoms with Gasteiger partial charge in [0.25, 0.3) is 6.29 Å². The summed E-state index contributed by atoms with van der Waals surface area (Å²) in [4.78, 5) is 10.9. The summed E-state index contributed by atoms with van der Waals surface area (Å²) in [6.45, 7) is 0. The molecule has 0 unspecified atom stereocenters. The van der Waals surface area contributed by atoms with Gasteiger partial charge >= 0.3 is 5.97 Å². The van der Waals surface area contributed by atoms with Gasteiger partial charge in [-0.05, 0) is 22.9 Å². The number of fused-ring (bicyclic) bond motifs is 1. The maximum Gasteiger partial charge on any atom is 0.368 e. The molecule has 4 heteroatoms. The zero-order valence-corrected chi connectivity index (χ0v) is 8.33. The first-order valence-corrected chi connectivity index (χ1v) is 4.73. The first-order chi connectivity index (χ1) is 7.66. The van der Waals surface area contributed by atoms with Gasteiger partial charge in [0.2, 0.25) is 0 Å². The van der Waals surface area contributed by atoms with E-state index in [0.717, 1.165) is 10.8 Å². The fraction of sp³-hybridized carbons (Fsp3) is 0.0833. The number of aliphatic hydroxyl groups excluding tert-OH is 1. The molecule has 0 saturated heterocycles. The Morgan fingerprint density at radius 2 is 1.75 bits per heavy atom. The van der Waals surface area contributed by atoms with Crippen LogP contribution in [0.4, 0.5) is 0 Å². The van der Waals surface area contributed by atoms with Gasteiger partial charge in [0.15, 0.2) is 0 Å². The molecular weight excluding hydrogens is 208 g/mol. The molecule has 0 fully saturated rings. The topological polar surface area (TPSA) is 66.8 Å². The minimum atomic E-state index is -2.11. The molecule has 0 bridgehead atoms. The number of hydrogen-bond acceptors (Lipinski definition) is 4. The van der Waals surface area contributed by atoms with Crippen molar-refractivity contribution in [2.24, 2.45) is 0 Å². The van der Waals surface area contributed by atoms with E-state index in [1.165, 1.54) is 0 Å². The van der Waals surface area contributed by atoms with Crippen LogP contribution in [0.5, 0.6) is 5.75 Å². The van der Waals surface area contributed by atoms with Crippen molar-refractivity contribution in [3.8, 4) is 5.75 Å². The molecule has 0 aliphatic rings. The van der Waals surface area contributed by atoms with Crippen LogP contribution >= 0.6 is 0 Å². The third-order valence-electron chi connectivity index (χ3n) is 2.15. The van der Waals surface area contributed by atoms with Crippen LogP contribution in [0.1, 0.15) is 0 Å². The molecule has 0 spiro atoms. The Morgan fingerprint density at radius 3 is 2.44 bits per heavy atom. The fourth-order valence-corrected chi connectivity index (χ4v) is 1.40. The molecule has 0 atom stereocenters. The lowest BCUT2D eigenvalue weighted by Gasteiger charge is -2.06. The lowest BCUT2D eigenvalue weighted by atomic mass is 10.1. The first kappa shape index (κ1) is 10.6. The average molecular weight is 218 g/mol. The van der Waals surface area contributed by atoms with Crippen molar-refractivity contribution >= 4 is 16.7 Å². The highest BCUT2D eigenvalue weighted by atomic mass is 16.6. The lowest BCUT2D eigenvalue weighted by molar-refractivity contribution is -0.162. The van der Waals surface area contributed by atoms with Gasteiger partial charge in [0.1, 0.15) is 5.75 Å². The molecule has 16 heavy (non-hydrogen) atoms. The molecule has 0 aromatic heterocycles. The predicted molar refractivity (Wildman–Crippen MR) is 57.8 cm³/mol. The Balaban J connectivity index is 2.29. The number of carbonyl (C=O) groups is 1. The van der Waals surface area contributed by atoms with Crippen molar-refractivity contribution in [2.75, 3.05) is 0 Å². The summed E-state index contributed by atoms with van der Waals surface area (Å²) in [6, 6.07) is 12.6. The van der Waals surface area contributed by atoms with Crippen molar-refractivity contribution in [2.45, 2.75) is 6.29 Å². The highest BCUT2D eigenvalue weighted by Crippen LogP contribution is 2.20. The smallest absolute Gasteiger partial charge is 0.368 e. The second-order valence-corrected chi connectivity index (χ2v) is 3.30. The molecule has 0 amide bonds. The third kappa shape index (κ3) is 2.18. The van der Waals surface area contributed by atoms with E-state index in [1.54, 1.807) is 18.2 Å². The summed E-state index contributed by atoms with van der Waals surface area (Å²) >= 11 is 0. The summed E-state index contributed by atoms with van der Waals surface area (Å²) in [5, 5.41) is 19.1. The van der Waals surface area contributed by atoms with Crippen LogP contribution in [0.3, 0.4) is 0 Å². The maximum atomic E-state index is 10.9. The Kier molecular flexibility index (Phi) is 2.85. The summed E-state index contributed by atoms with van der Waals surface area (Å²) in [7, 11) is 0. The van der Waals surface area contributed by atoms with Crippen LogP contribution in [0.15, 0.2) is 42.5 Å². The van der Waals surface area contributed by atoms with Gasteiger partial charge in [-0.25, -0.2) is 4.79 Å². The van der Waals surface area contributed by atoms with Crippen LogP contribution in [-0.4, -0.2) is 22.5 Å². The maximum absolute atomic E-state index is 10.9. The van der Waals surface area contributed by atoms with Crippen LogP contribution < -0.4 is 4.74 Å². The van der Waals surface area contributed by atoms with E-state index in [2.05, 4.69) is 0 Å². The van der Waals surface area contributed by atoms with E-state index in [0.29, 0.717) is 0 Å². The van der Waals surface area contributed by atoms with Crippen molar-refractivity contribution < 1.29 is 19.7 Å². The standard InChI is InChI=1S/C12H10O4/c13-11(14)12(15)16-10-6-5-8-3-1-2-4-9(8)7-10/h1-7,11,13-14H. The minimum absolute atomic E-state index is 0.289.